The molecular formula is C22H19N3O5S. The summed E-state index contributed by atoms with van der Waals surface area (Å²) < 4.78 is 30.8. The zero-order valence-corrected chi connectivity index (χ0v) is 17.3. The summed E-state index contributed by atoms with van der Waals surface area (Å²) in [6, 6.07) is 14.6. The number of carbonyl (C=O) groups is 2. The summed E-state index contributed by atoms with van der Waals surface area (Å²) in [7, 11) is -3.90. The van der Waals surface area contributed by atoms with E-state index < -0.39 is 33.6 Å². The van der Waals surface area contributed by atoms with Crippen LogP contribution in [0.1, 0.15) is 12.5 Å². The van der Waals surface area contributed by atoms with Gasteiger partial charge in [-0.05, 0) is 36.8 Å². The first-order valence-electron chi connectivity index (χ1n) is 9.75. The molecule has 4 atom stereocenters. The average molecular weight is 437 g/mol. The van der Waals surface area contributed by atoms with Crippen molar-refractivity contribution < 1.29 is 22.7 Å². The number of nitrogens with zero attached hydrogens (tertiary/aromatic N) is 2. The highest BCUT2D eigenvalue weighted by Crippen LogP contribution is 2.52. The van der Waals surface area contributed by atoms with Crippen molar-refractivity contribution in [3.63, 3.8) is 0 Å². The molecule has 0 aliphatic carbocycles. The molecule has 3 heterocycles. The average Bonchev–Trinajstić information content (AvgIpc) is 3.37. The van der Waals surface area contributed by atoms with Gasteiger partial charge in [-0.25, -0.2) is 9.73 Å². The molecule has 1 N–H and O–H groups in total. The number of ether oxygens (including phenoxy) is 1. The lowest BCUT2D eigenvalue weighted by Gasteiger charge is -2.24. The topological polar surface area (TPSA) is 105 Å². The number of imide groups is 1. The van der Waals surface area contributed by atoms with Gasteiger partial charge in [-0.15, -0.1) is 0 Å². The van der Waals surface area contributed by atoms with Crippen LogP contribution in [0.25, 0.3) is 0 Å². The second kappa shape index (κ2) is 6.86. The fourth-order valence-corrected chi connectivity index (χ4v) is 5.23. The van der Waals surface area contributed by atoms with Gasteiger partial charge in [0.25, 0.3) is 10.0 Å². The normalized spacial score (nSPS) is 29.2. The first-order chi connectivity index (χ1) is 14.8. The van der Waals surface area contributed by atoms with Crippen LogP contribution in [0, 0.1) is 11.8 Å². The summed E-state index contributed by atoms with van der Waals surface area (Å²) in [5.74, 6) is -1.76. The fraction of sp³-hybridized carbons (Fsp3) is 0.227. The quantitative estimate of drug-likeness (QED) is 0.333. The largest absolute Gasteiger partial charge is 0.362 e. The van der Waals surface area contributed by atoms with E-state index in [1.807, 2.05) is 30.4 Å². The van der Waals surface area contributed by atoms with Gasteiger partial charge in [0.1, 0.15) is 0 Å². The van der Waals surface area contributed by atoms with Crippen LogP contribution in [-0.4, -0.2) is 38.2 Å². The second-order valence-electron chi connectivity index (χ2n) is 7.90. The van der Waals surface area contributed by atoms with Gasteiger partial charge in [0.05, 0.1) is 40.3 Å². The van der Waals surface area contributed by atoms with E-state index in [0.717, 1.165) is 10.5 Å². The van der Waals surface area contributed by atoms with E-state index in [0.29, 0.717) is 5.69 Å². The molecule has 5 rings (SSSR count). The van der Waals surface area contributed by atoms with Crippen LogP contribution in [0.15, 0.2) is 76.7 Å². The maximum Gasteiger partial charge on any atom is 0.276 e. The number of amides is 2. The van der Waals surface area contributed by atoms with Crippen molar-refractivity contribution in [2.45, 2.75) is 23.5 Å². The highest BCUT2D eigenvalue weighted by Gasteiger charge is 2.66. The van der Waals surface area contributed by atoms with E-state index in [4.69, 9.17) is 4.74 Å². The Morgan fingerprint density at radius 3 is 2.45 bits per heavy atom. The Morgan fingerprint density at radius 1 is 1.06 bits per heavy atom. The molecule has 3 aliphatic rings. The fourth-order valence-electron chi connectivity index (χ4n) is 4.44. The molecule has 2 aromatic rings. The predicted molar refractivity (Wildman–Crippen MR) is 113 cm³/mol. The summed E-state index contributed by atoms with van der Waals surface area (Å²) >= 11 is 0. The Morgan fingerprint density at radius 2 is 1.77 bits per heavy atom. The van der Waals surface area contributed by atoms with E-state index in [1.165, 1.54) is 30.5 Å². The minimum atomic E-state index is -3.90. The molecule has 0 saturated carbocycles. The minimum absolute atomic E-state index is 0.0298. The smallest absolute Gasteiger partial charge is 0.276 e. The molecule has 8 nitrogen and oxygen atoms in total. The lowest BCUT2D eigenvalue weighted by Crippen LogP contribution is -2.38. The molecule has 0 radical (unpaired) electrons. The molecule has 9 heteroatoms. The number of sulfonamides is 1. The Bertz CT molecular complexity index is 1220. The molecule has 158 valence electrons. The van der Waals surface area contributed by atoms with Crippen molar-refractivity contribution in [2.24, 2.45) is 16.9 Å². The standard InChI is InChI=1S/C22H19N3O5S/c1-22-12-11-17(30-22)18-19(22)21(27)25(20(18)26)15-7-9-16(10-8-15)31(28,29)24-23-13-14-5-3-2-4-6-14/h2-13,17-19,24H,1H3/b23-13+/t17-,18-,19+,22+/m1/s1. The number of carbonyl (C=O) groups excluding carboxylic acids is 2. The highest BCUT2D eigenvalue weighted by molar-refractivity contribution is 7.89. The Balaban J connectivity index is 1.34. The van der Waals surface area contributed by atoms with Gasteiger partial charge in [0.2, 0.25) is 11.8 Å². The number of rotatable bonds is 5. The van der Waals surface area contributed by atoms with Crippen LogP contribution >= 0.6 is 0 Å². The van der Waals surface area contributed by atoms with Gasteiger partial charge in [-0.3, -0.25) is 9.59 Å². The van der Waals surface area contributed by atoms with Crippen molar-refractivity contribution in [1.29, 1.82) is 0 Å². The van der Waals surface area contributed by atoms with Gasteiger partial charge in [0.15, 0.2) is 0 Å². The molecule has 2 saturated heterocycles. The van der Waals surface area contributed by atoms with Crippen molar-refractivity contribution in [2.75, 3.05) is 4.90 Å². The summed E-state index contributed by atoms with van der Waals surface area (Å²) in [4.78, 5) is 29.2. The zero-order chi connectivity index (χ0) is 21.8. The Hall–Kier alpha value is -3.30. The summed E-state index contributed by atoms with van der Waals surface area (Å²) in [5.41, 5.74) is 0.304. The van der Waals surface area contributed by atoms with Crippen LogP contribution in [0.4, 0.5) is 5.69 Å². The first kappa shape index (κ1) is 19.7. The van der Waals surface area contributed by atoms with Crippen LogP contribution in [0.5, 0.6) is 0 Å². The van der Waals surface area contributed by atoms with Crippen LogP contribution in [0.2, 0.25) is 0 Å². The number of benzene rings is 2. The third-order valence-corrected chi connectivity index (χ3v) is 7.16. The number of hydrogen-bond acceptors (Lipinski definition) is 6. The zero-order valence-electron chi connectivity index (χ0n) is 16.5. The van der Waals surface area contributed by atoms with Crippen molar-refractivity contribution in [3.8, 4) is 0 Å². The van der Waals surface area contributed by atoms with E-state index in [2.05, 4.69) is 9.93 Å². The third-order valence-electron chi connectivity index (χ3n) is 5.92. The number of anilines is 1. The monoisotopic (exact) mass is 437 g/mol. The predicted octanol–water partition coefficient (Wildman–Crippen LogP) is 1.83. The van der Waals surface area contributed by atoms with Gasteiger partial charge in [0, 0.05) is 0 Å². The molecule has 2 aromatic carbocycles. The summed E-state index contributed by atoms with van der Waals surface area (Å²) in [5, 5.41) is 3.78. The van der Waals surface area contributed by atoms with E-state index in [-0.39, 0.29) is 16.7 Å². The Kier molecular flexibility index (Phi) is 4.35. The SMILES string of the molecule is C[C@@]12C=C[C@@H](O1)[C@H]1C(=O)N(c3ccc(S(=O)(=O)N/N=C/c4ccccc4)cc3)C(=O)[C@H]12. The molecule has 0 spiro atoms. The second-order valence-corrected chi connectivity index (χ2v) is 9.56. The molecule has 0 aromatic heterocycles. The Labute approximate surface area is 179 Å². The van der Waals surface area contributed by atoms with Crippen LogP contribution in [-0.2, 0) is 24.3 Å². The molecule has 31 heavy (non-hydrogen) atoms. The first-order valence-corrected chi connectivity index (χ1v) is 11.2. The van der Waals surface area contributed by atoms with Gasteiger partial charge < -0.3 is 4.74 Å². The van der Waals surface area contributed by atoms with E-state index in [1.54, 1.807) is 19.1 Å². The lowest BCUT2D eigenvalue weighted by atomic mass is 9.78. The molecule has 2 fully saturated rings. The number of hydrogen-bond donors (Lipinski definition) is 1. The third kappa shape index (κ3) is 3.08. The summed E-state index contributed by atoms with van der Waals surface area (Å²) in [6.45, 7) is 1.81. The van der Waals surface area contributed by atoms with Gasteiger partial charge in [-0.1, -0.05) is 42.5 Å². The number of nitrogens with one attached hydrogen (secondary N) is 1. The molecule has 0 unspecified atom stereocenters. The minimum Gasteiger partial charge on any atom is -0.362 e. The number of hydrazone groups is 1. The maximum atomic E-state index is 13.0. The molecular weight excluding hydrogens is 418 g/mol. The van der Waals surface area contributed by atoms with Crippen LogP contribution < -0.4 is 9.73 Å². The lowest BCUT2D eigenvalue weighted by molar-refractivity contribution is -0.126. The van der Waals surface area contributed by atoms with Crippen molar-refractivity contribution in [3.05, 3.63) is 72.3 Å². The van der Waals surface area contributed by atoms with Crippen molar-refractivity contribution in [1.82, 2.24) is 4.83 Å². The van der Waals surface area contributed by atoms with Crippen molar-refractivity contribution >= 4 is 33.7 Å². The van der Waals surface area contributed by atoms with E-state index >= 15 is 0 Å². The number of fused-ring (bicyclic) bond motifs is 5. The van der Waals surface area contributed by atoms with Gasteiger partial charge in [-0.2, -0.15) is 13.5 Å². The highest BCUT2D eigenvalue weighted by atomic mass is 32.2. The molecule has 2 amide bonds. The molecule has 2 bridgehead atoms. The van der Waals surface area contributed by atoms with Crippen LogP contribution in [0.3, 0.4) is 0 Å². The molecule has 3 aliphatic heterocycles. The van der Waals surface area contributed by atoms with Gasteiger partial charge >= 0.3 is 0 Å². The summed E-state index contributed by atoms with van der Waals surface area (Å²) in [6.07, 6.45) is 4.66. The van der Waals surface area contributed by atoms with E-state index in [9.17, 15) is 18.0 Å². The maximum absolute atomic E-state index is 13.0.